The van der Waals surface area contributed by atoms with Crippen molar-refractivity contribution in [2.45, 2.75) is 65.3 Å². The lowest BCUT2D eigenvalue weighted by Crippen LogP contribution is -2.26. The van der Waals surface area contributed by atoms with Crippen molar-refractivity contribution >= 4 is 22.6 Å². The Balaban J connectivity index is 1.28. The summed E-state index contributed by atoms with van der Waals surface area (Å²) >= 11 is 0. The first-order chi connectivity index (χ1) is 17.9. The number of para-hydroxylation sites is 3. The number of hydrogen-bond donors (Lipinski definition) is 0. The highest BCUT2D eigenvalue weighted by Gasteiger charge is 2.35. The van der Waals surface area contributed by atoms with Gasteiger partial charge in [-0.3, -0.25) is 4.79 Å². The molecule has 0 bridgehead atoms. The first-order valence-electron chi connectivity index (χ1n) is 13.5. The van der Waals surface area contributed by atoms with Crippen LogP contribution in [0.1, 0.15) is 67.5 Å². The van der Waals surface area contributed by atoms with Crippen LogP contribution >= 0.6 is 0 Å². The summed E-state index contributed by atoms with van der Waals surface area (Å²) in [6.45, 7) is 10.8. The topological polar surface area (TPSA) is 47.4 Å². The number of carbonyl (C=O) groups excluding carboxylic acids is 1. The molecule has 5 rings (SSSR count). The standard InChI is InChI=1S/C32H37N3O2/c1-22(2)25-14-16-27(17-15-25)37-19-8-7-18-34-29-13-6-5-12-28(29)33-32(34)26-20-30(36)35(21-26)31-23(3)10-9-11-24(31)4/h5-6,9-17,22,26H,7-8,18-21H2,1-4H3. The maximum absolute atomic E-state index is 13.2. The number of unbranched alkanes of at least 4 members (excludes halogenated alkanes) is 1. The number of hydrogen-bond acceptors (Lipinski definition) is 3. The second-order valence-corrected chi connectivity index (χ2v) is 10.5. The number of amides is 1. The van der Waals surface area contributed by atoms with Crippen LogP contribution in [0.25, 0.3) is 11.0 Å². The van der Waals surface area contributed by atoms with Crippen LogP contribution in [0.15, 0.2) is 66.7 Å². The third-order valence-electron chi connectivity index (χ3n) is 7.48. The van der Waals surface area contributed by atoms with Crippen molar-refractivity contribution in [1.82, 2.24) is 9.55 Å². The number of carbonyl (C=O) groups is 1. The van der Waals surface area contributed by atoms with Crippen LogP contribution in [-0.4, -0.2) is 28.6 Å². The molecule has 1 fully saturated rings. The lowest BCUT2D eigenvalue weighted by molar-refractivity contribution is -0.117. The molecule has 37 heavy (non-hydrogen) atoms. The minimum atomic E-state index is 0.0784. The fourth-order valence-electron chi connectivity index (χ4n) is 5.48. The van der Waals surface area contributed by atoms with Gasteiger partial charge in [0.1, 0.15) is 11.6 Å². The lowest BCUT2D eigenvalue weighted by Gasteiger charge is -2.21. The zero-order valence-corrected chi connectivity index (χ0v) is 22.4. The number of fused-ring (bicyclic) bond motifs is 1. The third kappa shape index (κ3) is 5.27. The zero-order valence-electron chi connectivity index (χ0n) is 22.4. The zero-order chi connectivity index (χ0) is 25.9. The normalized spacial score (nSPS) is 15.8. The number of aryl methyl sites for hydroxylation is 3. The van der Waals surface area contributed by atoms with E-state index in [4.69, 9.17) is 9.72 Å². The number of aromatic nitrogens is 2. The maximum atomic E-state index is 13.2. The van der Waals surface area contributed by atoms with Gasteiger partial charge < -0.3 is 14.2 Å². The van der Waals surface area contributed by atoms with E-state index >= 15 is 0 Å². The van der Waals surface area contributed by atoms with Gasteiger partial charge in [0.25, 0.3) is 0 Å². The van der Waals surface area contributed by atoms with Crippen LogP contribution in [-0.2, 0) is 11.3 Å². The van der Waals surface area contributed by atoms with Crippen LogP contribution in [0.3, 0.4) is 0 Å². The van der Waals surface area contributed by atoms with Crippen molar-refractivity contribution in [2.24, 2.45) is 0 Å². The first kappa shape index (κ1) is 25.1. The summed E-state index contributed by atoms with van der Waals surface area (Å²) in [5.41, 5.74) is 6.80. The molecule has 1 aliphatic heterocycles. The van der Waals surface area contributed by atoms with Crippen molar-refractivity contribution in [3.63, 3.8) is 0 Å². The summed E-state index contributed by atoms with van der Waals surface area (Å²) in [4.78, 5) is 20.1. The van der Waals surface area contributed by atoms with Crippen LogP contribution in [0.4, 0.5) is 5.69 Å². The van der Waals surface area contributed by atoms with Gasteiger partial charge in [0, 0.05) is 31.1 Å². The molecule has 2 heterocycles. The highest BCUT2D eigenvalue weighted by molar-refractivity contribution is 5.98. The monoisotopic (exact) mass is 495 g/mol. The van der Waals surface area contributed by atoms with E-state index < -0.39 is 0 Å². The molecule has 5 nitrogen and oxygen atoms in total. The SMILES string of the molecule is Cc1cccc(C)c1N1CC(c2nc3ccccc3n2CCCCOc2ccc(C(C)C)cc2)CC1=O. The number of anilines is 1. The highest BCUT2D eigenvalue weighted by atomic mass is 16.5. The lowest BCUT2D eigenvalue weighted by atomic mass is 10.0. The summed E-state index contributed by atoms with van der Waals surface area (Å²) in [5, 5.41) is 0. The minimum absolute atomic E-state index is 0.0784. The van der Waals surface area contributed by atoms with Crippen molar-refractivity contribution < 1.29 is 9.53 Å². The fraction of sp³-hybridized carbons (Fsp3) is 0.375. The molecule has 192 valence electrons. The Morgan fingerprint density at radius 3 is 2.41 bits per heavy atom. The summed E-state index contributed by atoms with van der Waals surface area (Å²) < 4.78 is 8.33. The summed E-state index contributed by atoms with van der Waals surface area (Å²) in [7, 11) is 0. The van der Waals surface area contributed by atoms with Crippen molar-refractivity contribution in [1.29, 1.82) is 0 Å². The molecule has 1 amide bonds. The number of nitrogens with zero attached hydrogens (tertiary/aromatic N) is 3. The van der Waals surface area contributed by atoms with E-state index in [-0.39, 0.29) is 11.8 Å². The van der Waals surface area contributed by atoms with E-state index in [0.717, 1.165) is 58.8 Å². The Labute approximate surface area is 220 Å². The molecular weight excluding hydrogens is 458 g/mol. The van der Waals surface area contributed by atoms with Gasteiger partial charge in [-0.25, -0.2) is 4.98 Å². The van der Waals surface area contributed by atoms with Gasteiger partial charge in [0.05, 0.1) is 17.6 Å². The molecule has 1 saturated heterocycles. The van der Waals surface area contributed by atoms with Crippen LogP contribution < -0.4 is 9.64 Å². The highest BCUT2D eigenvalue weighted by Crippen LogP contribution is 2.36. The van der Waals surface area contributed by atoms with Crippen molar-refractivity contribution in [3.05, 3.63) is 89.2 Å². The maximum Gasteiger partial charge on any atom is 0.227 e. The van der Waals surface area contributed by atoms with E-state index in [1.54, 1.807) is 0 Å². The number of imidazole rings is 1. The smallest absolute Gasteiger partial charge is 0.227 e. The Morgan fingerprint density at radius 2 is 1.68 bits per heavy atom. The van der Waals surface area contributed by atoms with Crippen LogP contribution in [0.5, 0.6) is 5.75 Å². The predicted molar refractivity (Wildman–Crippen MR) is 151 cm³/mol. The molecule has 0 radical (unpaired) electrons. The van der Waals surface area contributed by atoms with Gasteiger partial charge >= 0.3 is 0 Å². The van der Waals surface area contributed by atoms with Gasteiger partial charge in [-0.2, -0.15) is 0 Å². The Morgan fingerprint density at radius 1 is 0.946 bits per heavy atom. The Hall–Kier alpha value is -3.60. The summed E-state index contributed by atoms with van der Waals surface area (Å²) in [6, 6.07) is 22.9. The van der Waals surface area contributed by atoms with Gasteiger partial charge in [-0.15, -0.1) is 0 Å². The number of rotatable bonds is 9. The van der Waals surface area contributed by atoms with Gasteiger partial charge in [-0.1, -0.05) is 56.3 Å². The predicted octanol–water partition coefficient (Wildman–Crippen LogP) is 7.16. The molecule has 3 aromatic carbocycles. The third-order valence-corrected chi connectivity index (χ3v) is 7.48. The molecule has 1 unspecified atom stereocenters. The molecule has 0 spiro atoms. The average Bonchev–Trinajstić information content (AvgIpc) is 3.44. The van der Waals surface area contributed by atoms with Crippen LogP contribution in [0, 0.1) is 13.8 Å². The quantitative estimate of drug-likeness (QED) is 0.232. The van der Waals surface area contributed by atoms with Crippen molar-refractivity contribution in [3.8, 4) is 5.75 Å². The van der Waals surface area contributed by atoms with Gasteiger partial charge in [-0.05, 0) is 73.6 Å². The summed E-state index contributed by atoms with van der Waals surface area (Å²) in [6.07, 6.45) is 2.43. The Bertz CT molecular complexity index is 1370. The molecule has 1 aromatic heterocycles. The van der Waals surface area contributed by atoms with Gasteiger partial charge in [0.15, 0.2) is 0 Å². The minimum Gasteiger partial charge on any atom is -0.494 e. The van der Waals surface area contributed by atoms with E-state index in [1.807, 2.05) is 11.0 Å². The van der Waals surface area contributed by atoms with E-state index in [2.05, 4.69) is 92.9 Å². The largest absolute Gasteiger partial charge is 0.494 e. The molecule has 4 aromatic rings. The van der Waals surface area contributed by atoms with Gasteiger partial charge in [0.2, 0.25) is 5.91 Å². The molecule has 0 N–H and O–H groups in total. The molecule has 0 aliphatic carbocycles. The summed E-state index contributed by atoms with van der Waals surface area (Å²) in [5.74, 6) is 2.73. The van der Waals surface area contributed by atoms with Crippen molar-refractivity contribution in [2.75, 3.05) is 18.1 Å². The second-order valence-electron chi connectivity index (χ2n) is 10.5. The number of benzene rings is 3. The molecule has 5 heteroatoms. The molecule has 1 aliphatic rings. The number of ether oxygens (including phenoxy) is 1. The fourth-order valence-corrected chi connectivity index (χ4v) is 5.48. The molecule has 0 saturated carbocycles. The molecular formula is C32H37N3O2. The Kier molecular flexibility index (Phi) is 7.31. The van der Waals surface area contributed by atoms with E-state index in [0.29, 0.717) is 25.5 Å². The average molecular weight is 496 g/mol. The van der Waals surface area contributed by atoms with Crippen LogP contribution in [0.2, 0.25) is 0 Å². The second kappa shape index (κ2) is 10.8. The van der Waals surface area contributed by atoms with E-state index in [9.17, 15) is 4.79 Å². The van der Waals surface area contributed by atoms with E-state index in [1.165, 1.54) is 5.56 Å². The first-order valence-corrected chi connectivity index (χ1v) is 13.5. The molecule has 1 atom stereocenters.